The highest BCUT2D eigenvalue weighted by molar-refractivity contribution is 5.89. The van der Waals surface area contributed by atoms with Crippen LogP contribution in [-0.2, 0) is 6.54 Å². The summed E-state index contributed by atoms with van der Waals surface area (Å²) in [6.07, 6.45) is 2.37. The lowest BCUT2D eigenvalue weighted by atomic mass is 10.2. The van der Waals surface area contributed by atoms with Crippen LogP contribution in [-0.4, -0.2) is 29.1 Å². The highest BCUT2D eigenvalue weighted by Crippen LogP contribution is 2.16. The molecule has 0 unspecified atom stereocenters. The Labute approximate surface area is 142 Å². The van der Waals surface area contributed by atoms with Crippen molar-refractivity contribution < 1.29 is 4.79 Å². The van der Waals surface area contributed by atoms with Crippen molar-refractivity contribution in [3.63, 3.8) is 0 Å². The maximum Gasteiger partial charge on any atom is 0.319 e. The van der Waals surface area contributed by atoms with Crippen molar-refractivity contribution in [2.45, 2.75) is 33.2 Å². The van der Waals surface area contributed by atoms with Crippen LogP contribution in [0, 0.1) is 13.8 Å². The zero-order chi connectivity index (χ0) is 16.9. The van der Waals surface area contributed by atoms with Gasteiger partial charge in [-0.05, 0) is 50.5 Å². The highest BCUT2D eigenvalue weighted by atomic mass is 16.2. The zero-order valence-corrected chi connectivity index (χ0v) is 14.2. The Morgan fingerprint density at radius 3 is 2.71 bits per heavy atom. The largest absolute Gasteiger partial charge is 0.341 e. The normalized spacial score (nSPS) is 13.8. The first-order chi connectivity index (χ1) is 11.6. The first-order valence-electron chi connectivity index (χ1n) is 8.31. The lowest BCUT2D eigenvalue weighted by Gasteiger charge is -2.16. The van der Waals surface area contributed by atoms with Gasteiger partial charge in [-0.25, -0.2) is 14.8 Å². The lowest BCUT2D eigenvalue weighted by Crippen LogP contribution is -2.29. The van der Waals surface area contributed by atoms with Crippen molar-refractivity contribution in [2.75, 3.05) is 23.3 Å². The summed E-state index contributed by atoms with van der Waals surface area (Å²) in [6.45, 7) is 6.33. The molecule has 1 aromatic carbocycles. The number of anilines is 2. The number of urea groups is 1. The van der Waals surface area contributed by atoms with E-state index in [1.807, 2.05) is 44.2 Å². The van der Waals surface area contributed by atoms with E-state index in [9.17, 15) is 4.79 Å². The third kappa shape index (κ3) is 4.22. The fourth-order valence-electron chi connectivity index (χ4n) is 2.83. The number of aryl methyl sites for hydroxylation is 2. The van der Waals surface area contributed by atoms with Gasteiger partial charge in [-0.1, -0.05) is 12.1 Å². The predicted molar refractivity (Wildman–Crippen MR) is 95.3 cm³/mol. The van der Waals surface area contributed by atoms with Crippen LogP contribution in [0.15, 0.2) is 30.3 Å². The maximum atomic E-state index is 12.0. The standard InChI is InChI=1S/C18H23N5O/c1-13-6-5-7-15(10-13)22-18(24)19-12-16-11-14(2)20-17(21-16)23-8-3-4-9-23/h5-7,10-11H,3-4,8-9,12H2,1-2H3,(H2,19,22,24). The molecule has 2 N–H and O–H groups in total. The average Bonchev–Trinajstić information content (AvgIpc) is 3.07. The second-order valence-corrected chi connectivity index (χ2v) is 6.17. The molecule has 1 fully saturated rings. The molecule has 3 rings (SSSR count). The number of amides is 2. The first-order valence-corrected chi connectivity index (χ1v) is 8.31. The van der Waals surface area contributed by atoms with Crippen molar-refractivity contribution in [1.82, 2.24) is 15.3 Å². The van der Waals surface area contributed by atoms with E-state index < -0.39 is 0 Å². The van der Waals surface area contributed by atoms with E-state index in [4.69, 9.17) is 0 Å². The molecule has 0 radical (unpaired) electrons. The second kappa shape index (κ2) is 7.29. The molecular weight excluding hydrogens is 302 g/mol. The Balaban J connectivity index is 1.60. The van der Waals surface area contributed by atoms with Gasteiger partial charge < -0.3 is 15.5 Å². The van der Waals surface area contributed by atoms with Crippen LogP contribution in [0.3, 0.4) is 0 Å². The fraction of sp³-hybridized carbons (Fsp3) is 0.389. The van der Waals surface area contributed by atoms with Crippen LogP contribution in [0.4, 0.5) is 16.4 Å². The monoisotopic (exact) mass is 325 g/mol. The van der Waals surface area contributed by atoms with Gasteiger partial charge in [0.1, 0.15) is 0 Å². The van der Waals surface area contributed by atoms with Crippen LogP contribution >= 0.6 is 0 Å². The maximum absolute atomic E-state index is 12.0. The summed E-state index contributed by atoms with van der Waals surface area (Å²) >= 11 is 0. The van der Waals surface area contributed by atoms with Crippen LogP contribution in [0.1, 0.15) is 29.8 Å². The number of carbonyl (C=O) groups excluding carboxylic acids is 1. The molecule has 0 saturated carbocycles. The molecule has 2 aromatic rings. The molecule has 24 heavy (non-hydrogen) atoms. The van der Waals surface area contributed by atoms with Crippen LogP contribution in [0.2, 0.25) is 0 Å². The van der Waals surface area contributed by atoms with E-state index in [0.29, 0.717) is 6.54 Å². The molecule has 6 nitrogen and oxygen atoms in total. The second-order valence-electron chi connectivity index (χ2n) is 6.17. The molecule has 0 atom stereocenters. The summed E-state index contributed by atoms with van der Waals surface area (Å²) in [5, 5.41) is 5.69. The van der Waals surface area contributed by atoms with Crippen molar-refractivity contribution in [2.24, 2.45) is 0 Å². The highest BCUT2D eigenvalue weighted by Gasteiger charge is 2.16. The minimum Gasteiger partial charge on any atom is -0.341 e. The molecule has 1 aliphatic rings. The first kappa shape index (κ1) is 16.2. The number of rotatable bonds is 4. The quantitative estimate of drug-likeness (QED) is 0.906. The van der Waals surface area contributed by atoms with Gasteiger partial charge >= 0.3 is 6.03 Å². The minimum atomic E-state index is -0.236. The Bertz CT molecular complexity index is 725. The van der Waals surface area contributed by atoms with Gasteiger partial charge in [0.15, 0.2) is 0 Å². The van der Waals surface area contributed by atoms with Gasteiger partial charge in [-0.15, -0.1) is 0 Å². The number of carbonyl (C=O) groups is 1. The Kier molecular flexibility index (Phi) is 4.93. The van der Waals surface area contributed by atoms with Crippen molar-refractivity contribution in [3.8, 4) is 0 Å². The van der Waals surface area contributed by atoms with Gasteiger partial charge in [0.2, 0.25) is 5.95 Å². The Morgan fingerprint density at radius 2 is 1.96 bits per heavy atom. The van der Waals surface area contributed by atoms with Gasteiger partial charge in [0.25, 0.3) is 0 Å². The number of nitrogens with zero attached hydrogens (tertiary/aromatic N) is 3. The summed E-state index contributed by atoms with van der Waals surface area (Å²) in [7, 11) is 0. The summed E-state index contributed by atoms with van der Waals surface area (Å²) < 4.78 is 0. The molecule has 126 valence electrons. The molecule has 0 aliphatic carbocycles. The predicted octanol–water partition coefficient (Wildman–Crippen LogP) is 3.02. The molecule has 1 aliphatic heterocycles. The van der Waals surface area contributed by atoms with Gasteiger partial charge in [0.05, 0.1) is 12.2 Å². The smallest absolute Gasteiger partial charge is 0.319 e. The Hall–Kier alpha value is -2.63. The lowest BCUT2D eigenvalue weighted by molar-refractivity contribution is 0.251. The third-order valence-corrected chi connectivity index (χ3v) is 3.99. The zero-order valence-electron chi connectivity index (χ0n) is 14.2. The SMILES string of the molecule is Cc1cccc(NC(=O)NCc2cc(C)nc(N3CCCC3)n2)c1. The molecule has 6 heteroatoms. The molecule has 1 aromatic heterocycles. The molecule has 2 heterocycles. The number of aromatic nitrogens is 2. The molecule has 1 saturated heterocycles. The average molecular weight is 325 g/mol. The van der Waals surface area contributed by atoms with Crippen molar-refractivity contribution in [3.05, 3.63) is 47.3 Å². The molecular formula is C18H23N5O. The fourth-order valence-corrected chi connectivity index (χ4v) is 2.83. The summed E-state index contributed by atoms with van der Waals surface area (Å²) in [5.41, 5.74) is 3.63. The molecule has 0 bridgehead atoms. The van der Waals surface area contributed by atoms with Crippen LogP contribution in [0.5, 0.6) is 0 Å². The van der Waals surface area contributed by atoms with Crippen LogP contribution in [0.25, 0.3) is 0 Å². The number of hydrogen-bond acceptors (Lipinski definition) is 4. The Morgan fingerprint density at radius 1 is 1.17 bits per heavy atom. The number of nitrogens with one attached hydrogen (secondary N) is 2. The van der Waals surface area contributed by atoms with Gasteiger partial charge in [-0.3, -0.25) is 0 Å². The van der Waals surface area contributed by atoms with E-state index in [0.717, 1.165) is 41.7 Å². The van der Waals surface area contributed by atoms with E-state index in [-0.39, 0.29) is 6.03 Å². The van der Waals surface area contributed by atoms with E-state index in [1.165, 1.54) is 12.8 Å². The molecule has 2 amide bonds. The van der Waals surface area contributed by atoms with E-state index >= 15 is 0 Å². The summed E-state index contributed by atoms with van der Waals surface area (Å²) in [4.78, 5) is 23.3. The number of hydrogen-bond donors (Lipinski definition) is 2. The minimum absolute atomic E-state index is 0.236. The van der Waals surface area contributed by atoms with Gasteiger partial charge in [-0.2, -0.15) is 0 Å². The van der Waals surface area contributed by atoms with Crippen LogP contribution < -0.4 is 15.5 Å². The van der Waals surface area contributed by atoms with E-state index in [1.54, 1.807) is 0 Å². The topological polar surface area (TPSA) is 70.2 Å². The number of benzene rings is 1. The van der Waals surface area contributed by atoms with Crippen molar-refractivity contribution >= 4 is 17.7 Å². The summed E-state index contributed by atoms with van der Waals surface area (Å²) in [5.74, 6) is 0.767. The summed E-state index contributed by atoms with van der Waals surface area (Å²) in [6, 6.07) is 9.38. The van der Waals surface area contributed by atoms with Gasteiger partial charge in [0, 0.05) is 24.5 Å². The molecule has 0 spiro atoms. The van der Waals surface area contributed by atoms with E-state index in [2.05, 4.69) is 25.5 Å². The van der Waals surface area contributed by atoms with Crippen molar-refractivity contribution in [1.29, 1.82) is 0 Å². The third-order valence-electron chi connectivity index (χ3n) is 3.99.